The molecule has 3 aromatic rings. The summed E-state index contributed by atoms with van der Waals surface area (Å²) in [5, 5.41) is 2.26. The molecule has 6 rings (SSSR count). The zero-order chi connectivity index (χ0) is 32.5. The Morgan fingerprint density at radius 1 is 0.957 bits per heavy atom. The van der Waals surface area contributed by atoms with Crippen molar-refractivity contribution in [2.45, 2.75) is 44.4 Å². The van der Waals surface area contributed by atoms with Gasteiger partial charge in [-0.15, -0.1) is 0 Å². The molecule has 0 aliphatic carbocycles. The molecule has 46 heavy (non-hydrogen) atoms. The second-order valence-electron chi connectivity index (χ2n) is 10.9. The van der Waals surface area contributed by atoms with E-state index in [9.17, 15) is 28.0 Å². The number of carbonyl (C=O) groups excluding carboxylic acids is 4. The Bertz CT molecular complexity index is 1730. The molecular formula is C32H28F3N3O8. The van der Waals surface area contributed by atoms with Crippen LogP contribution in [0.1, 0.15) is 41.6 Å². The van der Waals surface area contributed by atoms with E-state index in [2.05, 4.69) is 5.32 Å². The van der Waals surface area contributed by atoms with Gasteiger partial charge in [0.25, 0.3) is 5.91 Å². The van der Waals surface area contributed by atoms with E-state index in [1.165, 1.54) is 29.2 Å². The van der Waals surface area contributed by atoms with Crippen molar-refractivity contribution in [1.29, 1.82) is 0 Å². The number of hydrogen-bond acceptors (Lipinski definition) is 8. The zero-order valence-electron chi connectivity index (χ0n) is 24.5. The standard InChI is InChI=1S/C32H28F3N3O8/c1-43-32(42)38(24-9-6-19(14-23(24)35)45-18-5-7-21(33)22(34)13-18)25-8-4-17-15-37(26-10-11-27(39)36-30(26)40)31(41)28(17)29(25)46-20-3-2-12-44-16-20/h4-9,13-14,20,26H,2-3,10-12,15-16H2,1H3,(H,36,39,40)/t20-,26?/m1/s1. The number of nitrogens with zero attached hydrogens (tertiary/aromatic N) is 2. The van der Waals surface area contributed by atoms with Gasteiger partial charge in [-0.25, -0.2) is 22.9 Å². The summed E-state index contributed by atoms with van der Waals surface area (Å²) in [6, 6.07) is 8.49. The molecule has 0 bridgehead atoms. The Balaban J connectivity index is 1.40. The van der Waals surface area contributed by atoms with E-state index in [0.29, 0.717) is 25.0 Å². The number of anilines is 2. The van der Waals surface area contributed by atoms with Gasteiger partial charge in [0.1, 0.15) is 23.6 Å². The number of carbonyl (C=O) groups is 4. The van der Waals surface area contributed by atoms with Crippen molar-refractivity contribution in [2.75, 3.05) is 25.2 Å². The first-order valence-electron chi connectivity index (χ1n) is 14.5. The Kier molecular flexibility index (Phi) is 8.54. The number of nitrogens with one attached hydrogen (secondary N) is 1. The van der Waals surface area contributed by atoms with Gasteiger partial charge in [0, 0.05) is 31.7 Å². The van der Waals surface area contributed by atoms with Crippen LogP contribution in [-0.2, 0) is 25.6 Å². The van der Waals surface area contributed by atoms with Crippen LogP contribution >= 0.6 is 0 Å². The molecule has 14 heteroatoms. The average Bonchev–Trinajstić information content (AvgIpc) is 3.37. The quantitative estimate of drug-likeness (QED) is 0.354. The fourth-order valence-corrected chi connectivity index (χ4v) is 5.70. The Morgan fingerprint density at radius 3 is 2.37 bits per heavy atom. The van der Waals surface area contributed by atoms with E-state index < -0.39 is 53.4 Å². The van der Waals surface area contributed by atoms with Gasteiger partial charge in [0.15, 0.2) is 23.2 Å². The lowest BCUT2D eigenvalue weighted by Gasteiger charge is -2.30. The summed E-state index contributed by atoms with van der Waals surface area (Å²) in [7, 11) is 1.10. The average molecular weight is 640 g/mol. The van der Waals surface area contributed by atoms with E-state index in [1.807, 2.05) is 0 Å². The van der Waals surface area contributed by atoms with Crippen molar-refractivity contribution < 1.29 is 51.3 Å². The van der Waals surface area contributed by atoms with Crippen LogP contribution in [0.25, 0.3) is 0 Å². The first kappa shape index (κ1) is 30.9. The summed E-state index contributed by atoms with van der Waals surface area (Å²) in [5.74, 6) is -4.93. The number of imide groups is 1. The van der Waals surface area contributed by atoms with Gasteiger partial charge in [0.2, 0.25) is 11.8 Å². The van der Waals surface area contributed by atoms with E-state index >= 15 is 4.39 Å². The molecule has 1 N–H and O–H groups in total. The lowest BCUT2D eigenvalue weighted by Crippen LogP contribution is -2.52. The molecule has 4 amide bonds. The number of piperidine rings is 1. The lowest BCUT2D eigenvalue weighted by atomic mass is 10.0. The largest absolute Gasteiger partial charge is 0.485 e. The van der Waals surface area contributed by atoms with Crippen LogP contribution in [0.5, 0.6) is 17.2 Å². The Labute approximate surface area is 260 Å². The number of fused-ring (bicyclic) bond motifs is 1. The van der Waals surface area contributed by atoms with Gasteiger partial charge in [-0.1, -0.05) is 6.07 Å². The van der Waals surface area contributed by atoms with Crippen LogP contribution in [0.2, 0.25) is 0 Å². The molecule has 3 aliphatic heterocycles. The highest BCUT2D eigenvalue weighted by Gasteiger charge is 2.42. The number of halogens is 3. The zero-order valence-corrected chi connectivity index (χ0v) is 24.5. The van der Waals surface area contributed by atoms with Crippen molar-refractivity contribution in [3.8, 4) is 17.2 Å². The predicted molar refractivity (Wildman–Crippen MR) is 154 cm³/mol. The third-order valence-corrected chi connectivity index (χ3v) is 7.91. The summed E-state index contributed by atoms with van der Waals surface area (Å²) in [5.41, 5.74) is 0.288. The summed E-state index contributed by atoms with van der Waals surface area (Å²) in [6.07, 6.45) is -0.0484. The van der Waals surface area contributed by atoms with Crippen LogP contribution < -0.4 is 19.7 Å². The van der Waals surface area contributed by atoms with Crippen LogP contribution in [0, 0.1) is 17.5 Å². The molecule has 0 aromatic heterocycles. The molecule has 0 spiro atoms. The minimum absolute atomic E-state index is 0.0113. The summed E-state index contributed by atoms with van der Waals surface area (Å²) in [6.45, 7) is 0.776. The highest BCUT2D eigenvalue weighted by atomic mass is 19.2. The summed E-state index contributed by atoms with van der Waals surface area (Å²) in [4.78, 5) is 53.9. The van der Waals surface area contributed by atoms with Gasteiger partial charge < -0.3 is 23.8 Å². The number of ether oxygens (including phenoxy) is 4. The van der Waals surface area contributed by atoms with Gasteiger partial charge >= 0.3 is 6.09 Å². The molecule has 2 atom stereocenters. The number of hydrogen-bond donors (Lipinski definition) is 1. The molecule has 0 radical (unpaired) electrons. The first-order chi connectivity index (χ1) is 22.1. The van der Waals surface area contributed by atoms with E-state index in [4.69, 9.17) is 18.9 Å². The lowest BCUT2D eigenvalue weighted by molar-refractivity contribution is -0.136. The fourth-order valence-electron chi connectivity index (χ4n) is 5.70. The molecule has 1 unspecified atom stereocenters. The third-order valence-electron chi connectivity index (χ3n) is 7.91. The number of amides is 4. The maximum Gasteiger partial charge on any atom is 0.418 e. The van der Waals surface area contributed by atoms with Crippen LogP contribution in [-0.4, -0.2) is 61.2 Å². The molecule has 2 saturated heterocycles. The highest BCUT2D eigenvalue weighted by Crippen LogP contribution is 2.44. The van der Waals surface area contributed by atoms with Crippen molar-refractivity contribution in [3.05, 3.63) is 77.1 Å². The third kappa shape index (κ3) is 5.95. The van der Waals surface area contributed by atoms with Crippen LogP contribution in [0.3, 0.4) is 0 Å². The first-order valence-corrected chi connectivity index (χ1v) is 14.5. The maximum atomic E-state index is 15.8. The van der Waals surface area contributed by atoms with Crippen LogP contribution in [0.4, 0.5) is 29.3 Å². The van der Waals surface area contributed by atoms with Crippen molar-refractivity contribution >= 4 is 35.2 Å². The smallest absolute Gasteiger partial charge is 0.418 e. The Hall–Kier alpha value is -5.11. The number of benzene rings is 3. The maximum absolute atomic E-state index is 15.8. The van der Waals surface area contributed by atoms with E-state index in [1.54, 1.807) is 6.07 Å². The predicted octanol–water partition coefficient (Wildman–Crippen LogP) is 5.12. The number of rotatable bonds is 7. The molecule has 2 fully saturated rings. The summed E-state index contributed by atoms with van der Waals surface area (Å²) < 4.78 is 65.2. The van der Waals surface area contributed by atoms with Gasteiger partial charge in [0.05, 0.1) is 30.7 Å². The van der Waals surface area contributed by atoms with Gasteiger partial charge in [-0.3, -0.25) is 19.7 Å². The van der Waals surface area contributed by atoms with E-state index in [-0.39, 0.29) is 60.2 Å². The minimum Gasteiger partial charge on any atom is -0.485 e. The molecule has 3 heterocycles. The Morgan fingerprint density at radius 2 is 1.70 bits per heavy atom. The number of methoxy groups -OCH3 is 1. The molecule has 0 saturated carbocycles. The second kappa shape index (κ2) is 12.7. The van der Waals surface area contributed by atoms with Gasteiger partial charge in [-0.05, 0) is 55.2 Å². The van der Waals surface area contributed by atoms with Crippen molar-refractivity contribution in [2.24, 2.45) is 0 Å². The fraction of sp³-hybridized carbons (Fsp3) is 0.312. The highest BCUT2D eigenvalue weighted by molar-refractivity contribution is 6.09. The van der Waals surface area contributed by atoms with E-state index in [0.717, 1.165) is 30.2 Å². The molecular weight excluding hydrogens is 611 g/mol. The van der Waals surface area contributed by atoms with Gasteiger partial charge in [-0.2, -0.15) is 0 Å². The SMILES string of the molecule is COC(=O)N(c1ccc(Oc2ccc(F)c(F)c2)cc1F)c1ccc2c(c1O[C@@H]1CCCOC1)C(=O)N(C1CCC(=O)NC1=O)C2. The monoisotopic (exact) mass is 639 g/mol. The van der Waals surface area contributed by atoms with Crippen molar-refractivity contribution in [1.82, 2.24) is 10.2 Å². The molecule has 11 nitrogen and oxygen atoms in total. The topological polar surface area (TPSA) is 124 Å². The van der Waals surface area contributed by atoms with Crippen molar-refractivity contribution in [3.63, 3.8) is 0 Å². The minimum atomic E-state index is -1.15. The molecule has 3 aromatic carbocycles. The normalized spacial score (nSPS) is 19.4. The van der Waals surface area contributed by atoms with Crippen LogP contribution in [0.15, 0.2) is 48.5 Å². The summed E-state index contributed by atoms with van der Waals surface area (Å²) >= 11 is 0. The molecule has 3 aliphatic rings. The second-order valence-corrected chi connectivity index (χ2v) is 10.9. The molecule has 240 valence electrons.